The quantitative estimate of drug-likeness (QED) is 0.931. The molecule has 0 saturated heterocycles. The van der Waals surface area contributed by atoms with Crippen molar-refractivity contribution in [3.8, 4) is 11.5 Å². The second-order valence-corrected chi connectivity index (χ2v) is 5.28. The van der Waals surface area contributed by atoms with E-state index in [-0.39, 0.29) is 17.4 Å². The molecule has 1 aliphatic heterocycles. The maximum absolute atomic E-state index is 12.4. The van der Waals surface area contributed by atoms with Crippen LogP contribution in [0.5, 0.6) is 11.5 Å². The molecule has 3 rings (SSSR count). The number of nitrogens with one attached hydrogen (secondary N) is 1. The highest BCUT2D eigenvalue weighted by Crippen LogP contribution is 2.31. The summed E-state index contributed by atoms with van der Waals surface area (Å²) < 4.78 is 34.8. The van der Waals surface area contributed by atoms with Gasteiger partial charge in [-0.05, 0) is 42.8 Å². The number of hydrogen-bond acceptors (Lipinski definition) is 3. The number of fused-ring (bicyclic) bond motifs is 1. The molecule has 0 saturated carbocycles. The Morgan fingerprint density at radius 2 is 2.09 bits per heavy atom. The average molecular weight is 319 g/mol. The van der Waals surface area contributed by atoms with Crippen LogP contribution in [0.15, 0.2) is 42.5 Å². The molecule has 0 radical (unpaired) electrons. The van der Waals surface area contributed by atoms with Gasteiger partial charge in [0.2, 0.25) is 0 Å². The molecular weight excluding hydrogens is 304 g/mol. The van der Waals surface area contributed by atoms with E-state index in [1.165, 1.54) is 18.2 Å². The predicted octanol–water partition coefficient (Wildman–Crippen LogP) is 3.86. The second kappa shape index (κ2) is 6.24. The molecule has 1 aliphatic rings. The highest BCUT2D eigenvalue weighted by atomic mass is 19.3. The van der Waals surface area contributed by atoms with Crippen LogP contribution in [-0.4, -0.2) is 18.6 Å². The van der Waals surface area contributed by atoms with Crippen LogP contribution in [0.1, 0.15) is 22.8 Å². The van der Waals surface area contributed by atoms with E-state index in [0.717, 1.165) is 17.7 Å². The number of hydrogen-bond donors (Lipinski definition) is 1. The van der Waals surface area contributed by atoms with Crippen LogP contribution in [0.4, 0.5) is 14.5 Å². The summed E-state index contributed by atoms with van der Waals surface area (Å²) in [6, 6.07) is 11.2. The van der Waals surface area contributed by atoms with Gasteiger partial charge in [0.15, 0.2) is 0 Å². The third-order valence-corrected chi connectivity index (χ3v) is 3.50. The Kier molecular flexibility index (Phi) is 4.14. The van der Waals surface area contributed by atoms with Crippen molar-refractivity contribution in [1.29, 1.82) is 0 Å². The fraction of sp³-hybridized carbons (Fsp3) is 0.235. The lowest BCUT2D eigenvalue weighted by atomic mass is 10.1. The van der Waals surface area contributed by atoms with Gasteiger partial charge in [-0.15, -0.1) is 0 Å². The van der Waals surface area contributed by atoms with Crippen LogP contribution in [0.2, 0.25) is 0 Å². The molecule has 0 aliphatic carbocycles. The number of para-hydroxylation sites is 1. The molecule has 4 nitrogen and oxygen atoms in total. The van der Waals surface area contributed by atoms with E-state index in [2.05, 4.69) is 10.1 Å². The first-order valence-electron chi connectivity index (χ1n) is 7.17. The molecule has 1 heterocycles. The predicted molar refractivity (Wildman–Crippen MR) is 81.3 cm³/mol. The largest absolute Gasteiger partial charge is 0.490 e. The summed E-state index contributed by atoms with van der Waals surface area (Å²) in [4.78, 5) is 12.3. The lowest BCUT2D eigenvalue weighted by Crippen LogP contribution is -2.15. The Morgan fingerprint density at radius 1 is 1.30 bits per heavy atom. The number of alkyl halides is 2. The van der Waals surface area contributed by atoms with E-state index < -0.39 is 12.5 Å². The third-order valence-electron chi connectivity index (χ3n) is 3.50. The highest BCUT2D eigenvalue weighted by molar-refractivity contribution is 6.06. The van der Waals surface area contributed by atoms with E-state index in [9.17, 15) is 13.6 Å². The Bertz CT molecular complexity index is 734. The van der Waals surface area contributed by atoms with Crippen molar-refractivity contribution in [2.24, 2.45) is 0 Å². The Labute approximate surface area is 132 Å². The maximum atomic E-state index is 12.4. The standard InChI is InChI=1S/C17H15F2NO3/c1-10-8-11-9-12(6-7-14(11)22-10)20-16(21)13-4-2-3-5-15(13)23-17(18)19/h2-7,9-10,17H,8H2,1H3,(H,20,21). The summed E-state index contributed by atoms with van der Waals surface area (Å²) in [5.74, 6) is 0.142. The van der Waals surface area contributed by atoms with Crippen LogP contribution in [0.3, 0.4) is 0 Å². The summed E-state index contributed by atoms with van der Waals surface area (Å²) in [7, 11) is 0. The van der Waals surface area contributed by atoms with Gasteiger partial charge in [0.1, 0.15) is 17.6 Å². The first-order chi connectivity index (χ1) is 11.0. The topological polar surface area (TPSA) is 47.6 Å². The summed E-state index contributed by atoms with van der Waals surface area (Å²) >= 11 is 0. The van der Waals surface area contributed by atoms with Gasteiger partial charge in [0, 0.05) is 12.1 Å². The normalized spacial score (nSPS) is 15.9. The smallest absolute Gasteiger partial charge is 0.387 e. The van der Waals surface area contributed by atoms with Gasteiger partial charge < -0.3 is 14.8 Å². The SMILES string of the molecule is CC1Cc2cc(NC(=O)c3ccccc3OC(F)F)ccc2O1. The van der Waals surface area contributed by atoms with Crippen molar-refractivity contribution in [2.75, 3.05) is 5.32 Å². The Morgan fingerprint density at radius 3 is 2.87 bits per heavy atom. The number of rotatable bonds is 4. The Hall–Kier alpha value is -2.63. The van der Waals surface area contributed by atoms with E-state index in [1.54, 1.807) is 18.2 Å². The van der Waals surface area contributed by atoms with Crippen molar-refractivity contribution in [3.63, 3.8) is 0 Å². The summed E-state index contributed by atoms with van der Waals surface area (Å²) in [5, 5.41) is 2.70. The highest BCUT2D eigenvalue weighted by Gasteiger charge is 2.20. The van der Waals surface area contributed by atoms with Crippen molar-refractivity contribution >= 4 is 11.6 Å². The lowest BCUT2D eigenvalue weighted by molar-refractivity contribution is -0.0501. The molecular formula is C17H15F2NO3. The molecule has 1 unspecified atom stereocenters. The van der Waals surface area contributed by atoms with Gasteiger partial charge in [-0.1, -0.05) is 12.1 Å². The molecule has 0 bridgehead atoms. The summed E-state index contributed by atoms with van der Waals surface area (Å²) in [5.41, 5.74) is 1.64. The molecule has 2 aromatic carbocycles. The van der Waals surface area contributed by atoms with Crippen molar-refractivity contribution < 1.29 is 23.0 Å². The third kappa shape index (κ3) is 3.41. The summed E-state index contributed by atoms with van der Waals surface area (Å²) in [6.45, 7) is -1.02. The molecule has 0 fully saturated rings. The van der Waals surface area contributed by atoms with E-state index >= 15 is 0 Å². The van der Waals surface area contributed by atoms with Crippen LogP contribution in [-0.2, 0) is 6.42 Å². The number of ether oxygens (including phenoxy) is 2. The number of anilines is 1. The molecule has 23 heavy (non-hydrogen) atoms. The van der Waals surface area contributed by atoms with Gasteiger partial charge in [-0.3, -0.25) is 4.79 Å². The molecule has 0 spiro atoms. The molecule has 120 valence electrons. The zero-order valence-corrected chi connectivity index (χ0v) is 12.4. The monoisotopic (exact) mass is 319 g/mol. The van der Waals surface area contributed by atoms with Crippen LogP contribution < -0.4 is 14.8 Å². The average Bonchev–Trinajstić information content (AvgIpc) is 2.86. The first-order valence-corrected chi connectivity index (χ1v) is 7.17. The number of halogens is 2. The minimum Gasteiger partial charge on any atom is -0.490 e. The van der Waals surface area contributed by atoms with E-state index in [1.807, 2.05) is 13.0 Å². The van der Waals surface area contributed by atoms with Gasteiger partial charge >= 0.3 is 6.61 Å². The van der Waals surface area contributed by atoms with Gasteiger partial charge in [-0.2, -0.15) is 8.78 Å². The Balaban J connectivity index is 1.79. The second-order valence-electron chi connectivity index (χ2n) is 5.28. The lowest BCUT2D eigenvalue weighted by Gasteiger charge is -2.11. The maximum Gasteiger partial charge on any atom is 0.387 e. The summed E-state index contributed by atoms with van der Waals surface area (Å²) in [6.07, 6.45) is 0.875. The zero-order chi connectivity index (χ0) is 16.4. The van der Waals surface area contributed by atoms with Crippen LogP contribution in [0, 0.1) is 0 Å². The molecule has 1 amide bonds. The fourth-order valence-electron chi connectivity index (χ4n) is 2.55. The van der Waals surface area contributed by atoms with Crippen molar-refractivity contribution in [1.82, 2.24) is 0 Å². The number of benzene rings is 2. The number of carbonyl (C=O) groups excluding carboxylic acids is 1. The molecule has 1 atom stereocenters. The first kappa shape index (κ1) is 15.3. The van der Waals surface area contributed by atoms with Crippen LogP contribution in [0.25, 0.3) is 0 Å². The van der Waals surface area contributed by atoms with Gasteiger partial charge in [0.05, 0.1) is 5.56 Å². The zero-order valence-electron chi connectivity index (χ0n) is 12.4. The van der Waals surface area contributed by atoms with E-state index in [0.29, 0.717) is 5.69 Å². The number of carbonyl (C=O) groups is 1. The number of amides is 1. The minimum absolute atomic E-state index is 0.0536. The molecule has 6 heteroatoms. The van der Waals surface area contributed by atoms with Crippen LogP contribution >= 0.6 is 0 Å². The van der Waals surface area contributed by atoms with Crippen molar-refractivity contribution in [3.05, 3.63) is 53.6 Å². The van der Waals surface area contributed by atoms with Gasteiger partial charge in [-0.25, -0.2) is 0 Å². The fourth-order valence-corrected chi connectivity index (χ4v) is 2.55. The molecule has 0 aromatic heterocycles. The molecule has 2 aromatic rings. The molecule has 1 N–H and O–H groups in total. The van der Waals surface area contributed by atoms with E-state index in [4.69, 9.17) is 4.74 Å². The van der Waals surface area contributed by atoms with Gasteiger partial charge in [0.25, 0.3) is 5.91 Å². The van der Waals surface area contributed by atoms with Crippen molar-refractivity contribution in [2.45, 2.75) is 26.1 Å². The minimum atomic E-state index is -2.98.